The van der Waals surface area contributed by atoms with Crippen molar-refractivity contribution in [2.75, 3.05) is 34.4 Å². The van der Waals surface area contributed by atoms with E-state index in [-0.39, 0.29) is 16.9 Å². The van der Waals surface area contributed by atoms with E-state index in [0.29, 0.717) is 35.9 Å². The number of hydrogen-bond donors (Lipinski definition) is 2. The van der Waals surface area contributed by atoms with E-state index in [1.54, 1.807) is 12.1 Å². The summed E-state index contributed by atoms with van der Waals surface area (Å²) in [6, 6.07) is 8.91. The Morgan fingerprint density at radius 3 is 2.09 bits per heavy atom. The van der Waals surface area contributed by atoms with E-state index in [1.165, 1.54) is 49.9 Å². The van der Waals surface area contributed by atoms with Crippen molar-refractivity contribution in [3.63, 3.8) is 0 Å². The first-order chi connectivity index (χ1) is 15.8. The summed E-state index contributed by atoms with van der Waals surface area (Å²) in [7, 11) is 0.852. The Labute approximate surface area is 192 Å². The SMILES string of the molecule is COc1ccc(CC(=O)NNC(=O)c2ccc(S(=O)(=O)N3CCCC3)cc2)c(OC)c1OC. The molecule has 3 rings (SSSR count). The van der Waals surface area contributed by atoms with Crippen LogP contribution in [0.4, 0.5) is 0 Å². The Morgan fingerprint density at radius 2 is 1.52 bits per heavy atom. The van der Waals surface area contributed by atoms with Crippen LogP contribution >= 0.6 is 0 Å². The molecule has 0 spiro atoms. The fourth-order valence-electron chi connectivity index (χ4n) is 3.57. The van der Waals surface area contributed by atoms with Gasteiger partial charge in [-0.05, 0) is 43.2 Å². The van der Waals surface area contributed by atoms with Crippen LogP contribution in [0.5, 0.6) is 17.2 Å². The number of sulfonamides is 1. The van der Waals surface area contributed by atoms with Crippen molar-refractivity contribution in [3.05, 3.63) is 47.5 Å². The highest BCUT2D eigenvalue weighted by Crippen LogP contribution is 2.39. The van der Waals surface area contributed by atoms with E-state index in [1.807, 2.05) is 0 Å². The molecule has 1 saturated heterocycles. The Balaban J connectivity index is 1.61. The standard InChI is InChI=1S/C22H27N3O7S/c1-30-18-11-8-16(20(31-2)21(18)32-3)14-19(26)23-24-22(27)15-6-9-17(10-7-15)33(28,29)25-12-4-5-13-25/h6-11H,4-5,12-14H2,1-3H3,(H,23,26)(H,24,27). The molecule has 1 aliphatic rings. The van der Waals surface area contributed by atoms with Crippen molar-refractivity contribution in [2.45, 2.75) is 24.2 Å². The number of methoxy groups -OCH3 is 3. The lowest BCUT2D eigenvalue weighted by Gasteiger charge is -2.16. The molecule has 1 aliphatic heterocycles. The number of carbonyl (C=O) groups is 2. The minimum atomic E-state index is -3.56. The molecule has 178 valence electrons. The highest BCUT2D eigenvalue weighted by Gasteiger charge is 2.27. The predicted molar refractivity (Wildman–Crippen MR) is 120 cm³/mol. The van der Waals surface area contributed by atoms with E-state index in [4.69, 9.17) is 14.2 Å². The Kier molecular flexibility index (Phi) is 7.77. The number of amides is 2. The largest absolute Gasteiger partial charge is 0.493 e. The minimum absolute atomic E-state index is 0.0865. The first-order valence-corrected chi connectivity index (χ1v) is 11.7. The van der Waals surface area contributed by atoms with Gasteiger partial charge in [0.15, 0.2) is 11.5 Å². The second-order valence-corrected chi connectivity index (χ2v) is 9.25. The summed E-state index contributed by atoms with van der Waals surface area (Å²) in [5.74, 6) is 0.114. The number of carbonyl (C=O) groups excluding carboxylic acids is 2. The van der Waals surface area contributed by atoms with Crippen LogP contribution < -0.4 is 25.1 Å². The first kappa shape index (κ1) is 24.3. The maximum Gasteiger partial charge on any atom is 0.269 e. The molecule has 0 unspecified atom stereocenters. The summed E-state index contributed by atoms with van der Waals surface area (Å²) in [5, 5.41) is 0. The number of nitrogens with one attached hydrogen (secondary N) is 2. The molecule has 10 nitrogen and oxygen atoms in total. The van der Waals surface area contributed by atoms with Crippen LogP contribution in [0.1, 0.15) is 28.8 Å². The summed E-state index contributed by atoms with van der Waals surface area (Å²) in [6.45, 7) is 1.00. The Hall–Kier alpha value is -3.31. The third kappa shape index (κ3) is 5.37. The van der Waals surface area contributed by atoms with Crippen LogP contribution in [0.15, 0.2) is 41.3 Å². The predicted octanol–water partition coefficient (Wildman–Crippen LogP) is 1.50. The number of benzene rings is 2. The lowest BCUT2D eigenvalue weighted by molar-refractivity contribution is -0.121. The zero-order valence-corrected chi connectivity index (χ0v) is 19.5. The Morgan fingerprint density at radius 1 is 0.879 bits per heavy atom. The van der Waals surface area contributed by atoms with Crippen LogP contribution in [0.25, 0.3) is 0 Å². The fourth-order valence-corrected chi connectivity index (χ4v) is 5.09. The summed E-state index contributed by atoms with van der Waals surface area (Å²) >= 11 is 0. The van der Waals surface area contributed by atoms with E-state index < -0.39 is 21.8 Å². The fraction of sp³-hybridized carbons (Fsp3) is 0.364. The average Bonchev–Trinajstić information content (AvgIpc) is 3.38. The number of ether oxygens (including phenoxy) is 3. The van der Waals surface area contributed by atoms with Gasteiger partial charge in [0.1, 0.15) is 0 Å². The average molecular weight is 478 g/mol. The van der Waals surface area contributed by atoms with Crippen molar-refractivity contribution in [1.82, 2.24) is 15.2 Å². The molecule has 1 heterocycles. The molecule has 2 aromatic carbocycles. The molecule has 2 aromatic rings. The molecule has 0 aromatic heterocycles. The molecule has 0 bridgehead atoms. The summed E-state index contributed by atoms with van der Waals surface area (Å²) < 4.78 is 42.5. The lowest BCUT2D eigenvalue weighted by Crippen LogP contribution is -2.42. The zero-order valence-electron chi connectivity index (χ0n) is 18.7. The van der Waals surface area contributed by atoms with Crippen LogP contribution in [0.2, 0.25) is 0 Å². The van der Waals surface area contributed by atoms with Crippen LogP contribution in [-0.2, 0) is 21.2 Å². The van der Waals surface area contributed by atoms with Crippen LogP contribution in [-0.4, -0.2) is 59.0 Å². The molecule has 0 aliphatic carbocycles. The van der Waals surface area contributed by atoms with E-state index in [2.05, 4.69) is 10.9 Å². The van der Waals surface area contributed by atoms with Gasteiger partial charge in [-0.25, -0.2) is 8.42 Å². The lowest BCUT2D eigenvalue weighted by atomic mass is 10.1. The second kappa shape index (κ2) is 10.5. The molecule has 11 heteroatoms. The van der Waals surface area contributed by atoms with E-state index in [0.717, 1.165) is 12.8 Å². The van der Waals surface area contributed by atoms with Gasteiger partial charge >= 0.3 is 0 Å². The van der Waals surface area contributed by atoms with Gasteiger partial charge in [0, 0.05) is 24.2 Å². The normalized spacial score (nSPS) is 13.9. The summed E-state index contributed by atoms with van der Waals surface area (Å²) in [4.78, 5) is 24.9. The van der Waals surface area contributed by atoms with Gasteiger partial charge in [-0.3, -0.25) is 20.4 Å². The van der Waals surface area contributed by atoms with E-state index in [9.17, 15) is 18.0 Å². The second-order valence-electron chi connectivity index (χ2n) is 7.31. The van der Waals surface area contributed by atoms with Crippen LogP contribution in [0, 0.1) is 0 Å². The van der Waals surface area contributed by atoms with Crippen molar-refractivity contribution in [2.24, 2.45) is 0 Å². The number of nitrogens with zero attached hydrogens (tertiary/aromatic N) is 1. The molecule has 0 saturated carbocycles. The molecule has 1 fully saturated rings. The zero-order chi connectivity index (χ0) is 24.0. The quantitative estimate of drug-likeness (QED) is 0.552. The smallest absolute Gasteiger partial charge is 0.269 e. The third-order valence-electron chi connectivity index (χ3n) is 5.27. The van der Waals surface area contributed by atoms with Gasteiger partial charge in [-0.15, -0.1) is 0 Å². The molecular formula is C22H27N3O7S. The van der Waals surface area contributed by atoms with Gasteiger partial charge < -0.3 is 14.2 Å². The molecule has 0 atom stereocenters. The van der Waals surface area contributed by atoms with Gasteiger partial charge in [0.05, 0.1) is 32.6 Å². The van der Waals surface area contributed by atoms with Gasteiger partial charge in [-0.2, -0.15) is 4.31 Å². The maximum atomic E-state index is 12.6. The van der Waals surface area contributed by atoms with Crippen molar-refractivity contribution in [3.8, 4) is 17.2 Å². The van der Waals surface area contributed by atoms with E-state index >= 15 is 0 Å². The third-order valence-corrected chi connectivity index (χ3v) is 7.18. The number of hydrogen-bond acceptors (Lipinski definition) is 7. The maximum absolute atomic E-state index is 12.6. The van der Waals surface area contributed by atoms with Crippen LogP contribution in [0.3, 0.4) is 0 Å². The highest BCUT2D eigenvalue weighted by atomic mass is 32.2. The summed E-state index contributed by atoms with van der Waals surface area (Å²) in [6.07, 6.45) is 1.60. The number of hydrazine groups is 1. The van der Waals surface area contributed by atoms with Crippen molar-refractivity contribution >= 4 is 21.8 Å². The molecule has 33 heavy (non-hydrogen) atoms. The molecule has 2 N–H and O–H groups in total. The highest BCUT2D eigenvalue weighted by molar-refractivity contribution is 7.89. The Bertz CT molecular complexity index is 1110. The van der Waals surface area contributed by atoms with Gasteiger partial charge in [0.25, 0.3) is 5.91 Å². The minimum Gasteiger partial charge on any atom is -0.493 e. The molecule has 2 amide bonds. The monoisotopic (exact) mass is 477 g/mol. The topological polar surface area (TPSA) is 123 Å². The molecule has 0 radical (unpaired) electrons. The van der Waals surface area contributed by atoms with Crippen molar-refractivity contribution in [1.29, 1.82) is 0 Å². The number of rotatable bonds is 8. The first-order valence-electron chi connectivity index (χ1n) is 10.3. The van der Waals surface area contributed by atoms with Gasteiger partial charge in [0.2, 0.25) is 21.7 Å². The van der Waals surface area contributed by atoms with Crippen molar-refractivity contribution < 1.29 is 32.2 Å². The van der Waals surface area contributed by atoms with Gasteiger partial charge in [-0.1, -0.05) is 6.07 Å². The molecular weight excluding hydrogens is 450 g/mol. The summed E-state index contributed by atoms with van der Waals surface area (Å²) in [5.41, 5.74) is 5.42.